The van der Waals surface area contributed by atoms with Gasteiger partial charge >= 0.3 is 0 Å². The average Bonchev–Trinajstić information content (AvgIpc) is 2.08. The topological polar surface area (TPSA) is 0 Å². The van der Waals surface area contributed by atoms with E-state index < -0.39 is 0 Å². The molecule has 0 radical (unpaired) electrons. The van der Waals surface area contributed by atoms with E-state index in [1.807, 2.05) is 0 Å². The minimum Gasteiger partial charge on any atom is -0.0806 e. The summed E-state index contributed by atoms with van der Waals surface area (Å²) in [6, 6.07) is 0. The van der Waals surface area contributed by atoms with Crippen molar-refractivity contribution in [1.29, 1.82) is 0 Å². The van der Waals surface area contributed by atoms with Gasteiger partial charge in [-0.1, -0.05) is 44.1 Å². The number of allylic oxidation sites excluding steroid dienone is 4. The van der Waals surface area contributed by atoms with Crippen LogP contribution < -0.4 is 0 Å². The minimum atomic E-state index is 0.801. The Hall–Kier alpha value is -0.520. The highest BCUT2D eigenvalue weighted by atomic mass is 14.2. The van der Waals surface area contributed by atoms with E-state index in [1.165, 1.54) is 24.8 Å². The largest absolute Gasteiger partial charge is 0.0806 e. The highest BCUT2D eigenvalue weighted by Gasteiger charge is 2.16. The van der Waals surface area contributed by atoms with Gasteiger partial charge < -0.3 is 0 Å². The molecule has 0 aromatic carbocycles. The van der Waals surface area contributed by atoms with E-state index in [0.29, 0.717) is 0 Å². The highest BCUT2D eigenvalue weighted by Crippen LogP contribution is 2.28. The Labute approximate surface area is 76.4 Å². The molecule has 0 bridgehead atoms. The zero-order valence-corrected chi connectivity index (χ0v) is 8.51. The second-order valence-electron chi connectivity index (χ2n) is 3.79. The maximum absolute atomic E-state index is 2.43. The smallest absolute Gasteiger partial charge is 0.0167 e. The van der Waals surface area contributed by atoms with E-state index in [2.05, 4.69) is 39.0 Å². The van der Waals surface area contributed by atoms with Crippen LogP contribution >= 0.6 is 0 Å². The summed E-state index contributed by atoms with van der Waals surface area (Å²) in [7, 11) is 0. The van der Waals surface area contributed by atoms with Gasteiger partial charge in [-0.15, -0.1) is 0 Å². The van der Waals surface area contributed by atoms with E-state index in [4.69, 9.17) is 0 Å². The van der Waals surface area contributed by atoms with Crippen LogP contribution in [0.25, 0.3) is 0 Å². The lowest BCUT2D eigenvalue weighted by Gasteiger charge is -2.23. The van der Waals surface area contributed by atoms with E-state index in [9.17, 15) is 0 Å². The van der Waals surface area contributed by atoms with Crippen LogP contribution in [0, 0.1) is 11.8 Å². The third-order valence-corrected chi connectivity index (χ3v) is 2.73. The summed E-state index contributed by atoms with van der Waals surface area (Å²) in [5, 5.41) is 0. The molecule has 0 heteroatoms. The van der Waals surface area contributed by atoms with Gasteiger partial charge in [0.1, 0.15) is 0 Å². The van der Waals surface area contributed by atoms with Gasteiger partial charge in [0, 0.05) is 0 Å². The molecule has 68 valence electrons. The second kappa shape index (κ2) is 4.49. The molecule has 1 aliphatic rings. The summed E-state index contributed by atoms with van der Waals surface area (Å²) in [5.41, 5.74) is 1.44. The van der Waals surface area contributed by atoms with Crippen molar-refractivity contribution < 1.29 is 0 Å². The first-order chi connectivity index (χ1) is 5.77. The average molecular weight is 164 g/mol. The molecule has 0 N–H and O–H groups in total. The van der Waals surface area contributed by atoms with Gasteiger partial charge in [-0.3, -0.25) is 0 Å². The van der Waals surface area contributed by atoms with E-state index in [0.717, 1.165) is 11.8 Å². The predicted molar refractivity (Wildman–Crippen MR) is 55.1 cm³/mol. The lowest BCUT2D eigenvalue weighted by atomic mass is 9.82. The highest BCUT2D eigenvalue weighted by molar-refractivity contribution is 5.23. The van der Waals surface area contributed by atoms with Gasteiger partial charge in [0.05, 0.1) is 0 Å². The maximum atomic E-state index is 2.43. The minimum absolute atomic E-state index is 0.801. The molecule has 0 nitrogen and oxygen atoms in total. The van der Waals surface area contributed by atoms with Crippen molar-refractivity contribution in [3.05, 3.63) is 23.8 Å². The Balaban J connectivity index is 2.59. The van der Waals surface area contributed by atoms with Crippen molar-refractivity contribution in [2.24, 2.45) is 11.8 Å². The van der Waals surface area contributed by atoms with E-state index >= 15 is 0 Å². The summed E-state index contributed by atoms with van der Waals surface area (Å²) in [4.78, 5) is 0. The zero-order valence-electron chi connectivity index (χ0n) is 8.51. The molecule has 0 aromatic heterocycles. The summed E-state index contributed by atoms with van der Waals surface area (Å²) >= 11 is 0. The van der Waals surface area contributed by atoms with Crippen LogP contribution in [0.4, 0.5) is 0 Å². The van der Waals surface area contributed by atoms with Crippen molar-refractivity contribution in [3.8, 4) is 0 Å². The van der Waals surface area contributed by atoms with Gasteiger partial charge in [0.15, 0.2) is 0 Å². The van der Waals surface area contributed by atoms with Gasteiger partial charge in [-0.05, 0) is 31.6 Å². The molecular formula is C12H20. The van der Waals surface area contributed by atoms with Crippen molar-refractivity contribution in [3.63, 3.8) is 0 Å². The first-order valence-corrected chi connectivity index (χ1v) is 5.14. The van der Waals surface area contributed by atoms with Crippen LogP contribution in [0.2, 0.25) is 0 Å². The van der Waals surface area contributed by atoms with Gasteiger partial charge in [0.2, 0.25) is 0 Å². The Kier molecular flexibility index (Phi) is 3.58. The van der Waals surface area contributed by atoms with Gasteiger partial charge in [-0.25, -0.2) is 0 Å². The monoisotopic (exact) mass is 164 g/mol. The van der Waals surface area contributed by atoms with Crippen LogP contribution in [-0.4, -0.2) is 0 Å². The lowest BCUT2D eigenvalue weighted by molar-refractivity contribution is 0.423. The number of hydrogen-bond donors (Lipinski definition) is 0. The molecule has 0 aromatic rings. The molecule has 0 saturated heterocycles. The molecule has 0 amide bonds. The molecule has 1 aliphatic carbocycles. The standard InChI is InChI=1S/C12H20/c1-4-6-12-8-7-10(3)9-11(12)5-2/h7-9,11-12H,4-6H2,1-3H3. The van der Waals surface area contributed by atoms with Crippen LogP contribution in [0.1, 0.15) is 40.0 Å². The fourth-order valence-corrected chi connectivity index (χ4v) is 2.00. The third kappa shape index (κ3) is 2.23. The third-order valence-electron chi connectivity index (χ3n) is 2.73. The fraction of sp³-hybridized carbons (Fsp3) is 0.667. The number of hydrogen-bond acceptors (Lipinski definition) is 0. The Morgan fingerprint density at radius 2 is 2.00 bits per heavy atom. The number of rotatable bonds is 3. The molecular weight excluding hydrogens is 144 g/mol. The van der Waals surface area contributed by atoms with Crippen molar-refractivity contribution in [1.82, 2.24) is 0 Å². The normalized spacial score (nSPS) is 28.8. The van der Waals surface area contributed by atoms with Crippen LogP contribution in [0.15, 0.2) is 23.8 Å². The summed E-state index contributed by atoms with van der Waals surface area (Å²) in [5.74, 6) is 1.61. The SMILES string of the molecule is CCCC1C=CC(C)=CC1CC. The summed E-state index contributed by atoms with van der Waals surface area (Å²) < 4.78 is 0. The fourth-order valence-electron chi connectivity index (χ4n) is 2.00. The quantitative estimate of drug-likeness (QED) is 0.592. The van der Waals surface area contributed by atoms with Crippen molar-refractivity contribution >= 4 is 0 Å². The molecule has 0 fully saturated rings. The van der Waals surface area contributed by atoms with Crippen molar-refractivity contribution in [2.45, 2.75) is 40.0 Å². The predicted octanol–water partition coefficient (Wildman–Crippen LogP) is 3.95. The molecule has 0 spiro atoms. The first-order valence-electron chi connectivity index (χ1n) is 5.14. The molecule has 1 rings (SSSR count). The maximum Gasteiger partial charge on any atom is -0.0167 e. The Bertz CT molecular complexity index is 186. The molecule has 0 saturated carbocycles. The molecule has 2 atom stereocenters. The molecule has 2 unspecified atom stereocenters. The van der Waals surface area contributed by atoms with Gasteiger partial charge in [0.25, 0.3) is 0 Å². The van der Waals surface area contributed by atoms with Crippen LogP contribution in [0.3, 0.4) is 0 Å². The lowest BCUT2D eigenvalue weighted by Crippen LogP contribution is -2.12. The van der Waals surface area contributed by atoms with Crippen LogP contribution in [0.5, 0.6) is 0 Å². The zero-order chi connectivity index (χ0) is 8.97. The van der Waals surface area contributed by atoms with E-state index in [-0.39, 0.29) is 0 Å². The Morgan fingerprint density at radius 3 is 2.58 bits per heavy atom. The second-order valence-corrected chi connectivity index (χ2v) is 3.79. The Morgan fingerprint density at radius 1 is 1.25 bits per heavy atom. The van der Waals surface area contributed by atoms with Crippen molar-refractivity contribution in [2.75, 3.05) is 0 Å². The van der Waals surface area contributed by atoms with Crippen LogP contribution in [-0.2, 0) is 0 Å². The van der Waals surface area contributed by atoms with E-state index in [1.54, 1.807) is 0 Å². The molecule has 0 aliphatic heterocycles. The molecule has 12 heavy (non-hydrogen) atoms. The first kappa shape index (κ1) is 9.57. The summed E-state index contributed by atoms with van der Waals surface area (Å²) in [6.45, 7) is 6.75. The summed E-state index contributed by atoms with van der Waals surface area (Å²) in [6.07, 6.45) is 11.0. The van der Waals surface area contributed by atoms with Gasteiger partial charge in [-0.2, -0.15) is 0 Å². The molecule has 0 heterocycles.